The number of hydrogen-bond acceptors (Lipinski definition) is 3. The SMILES string of the molecule is NC(=O)O.NC(=O)O.NC(=O)O.c1ccc(C(c2ccccc2)(c2ccccc2)c2ccccc2)cc1. The Morgan fingerprint density at radius 2 is 0.541 bits per heavy atom. The van der Waals surface area contributed by atoms with Crippen LogP contribution in [0.15, 0.2) is 121 Å². The fourth-order valence-electron chi connectivity index (χ4n) is 3.75. The van der Waals surface area contributed by atoms with E-state index in [4.69, 9.17) is 29.7 Å². The lowest BCUT2D eigenvalue weighted by Gasteiger charge is -2.36. The Bertz CT molecular complexity index is 1020. The Kier molecular flexibility index (Phi) is 12.5. The molecule has 4 aromatic rings. The molecule has 3 amide bonds. The van der Waals surface area contributed by atoms with E-state index in [1.807, 2.05) is 0 Å². The molecule has 0 spiro atoms. The zero-order valence-electron chi connectivity index (χ0n) is 19.8. The van der Waals surface area contributed by atoms with Crippen molar-refractivity contribution in [3.8, 4) is 0 Å². The number of primary amides is 3. The van der Waals surface area contributed by atoms with Gasteiger partial charge in [-0.25, -0.2) is 14.4 Å². The summed E-state index contributed by atoms with van der Waals surface area (Å²) in [5, 5.41) is 21.6. The largest absolute Gasteiger partial charge is 0.465 e. The van der Waals surface area contributed by atoms with Crippen molar-refractivity contribution in [2.45, 2.75) is 5.41 Å². The highest BCUT2D eigenvalue weighted by atomic mass is 16.4. The van der Waals surface area contributed by atoms with E-state index in [9.17, 15) is 0 Å². The van der Waals surface area contributed by atoms with Crippen molar-refractivity contribution in [1.29, 1.82) is 0 Å². The van der Waals surface area contributed by atoms with Gasteiger partial charge in [-0.2, -0.15) is 0 Å². The Morgan fingerprint density at radius 1 is 0.405 bits per heavy atom. The van der Waals surface area contributed by atoms with Crippen LogP contribution in [0.5, 0.6) is 0 Å². The molecule has 0 heterocycles. The van der Waals surface area contributed by atoms with E-state index in [0.29, 0.717) is 0 Å². The van der Waals surface area contributed by atoms with E-state index in [1.54, 1.807) is 0 Å². The van der Waals surface area contributed by atoms with Gasteiger partial charge in [0.25, 0.3) is 0 Å². The molecule has 9 N–H and O–H groups in total. The molecule has 0 atom stereocenters. The third kappa shape index (κ3) is 9.83. The molecule has 4 aromatic carbocycles. The second kappa shape index (κ2) is 15.6. The molecular weight excluding hydrogens is 474 g/mol. The summed E-state index contributed by atoms with van der Waals surface area (Å²) in [7, 11) is 0. The van der Waals surface area contributed by atoms with Gasteiger partial charge in [0.05, 0.1) is 5.41 Å². The van der Waals surface area contributed by atoms with E-state index in [0.717, 1.165) is 0 Å². The maximum Gasteiger partial charge on any atom is 0.402 e. The minimum atomic E-state index is -1.33. The molecule has 0 aliphatic heterocycles. The standard InChI is InChI=1S/C25H20.3CH3NO2/c1-5-13-21(14-6-1)25(22-15-7-2-8-16-22,23-17-9-3-10-18-23)24-19-11-4-12-20-24;3*2-1(3)4/h1-20H;3*2H2,(H,3,4). The maximum atomic E-state index is 8.78. The van der Waals surface area contributed by atoms with Crippen LogP contribution in [0.3, 0.4) is 0 Å². The summed E-state index contributed by atoms with van der Waals surface area (Å²) in [4.78, 5) is 26.3. The first-order valence-electron chi connectivity index (χ1n) is 10.8. The fourth-order valence-corrected chi connectivity index (χ4v) is 3.75. The summed E-state index contributed by atoms with van der Waals surface area (Å²) in [6.45, 7) is 0. The zero-order valence-corrected chi connectivity index (χ0v) is 19.8. The quantitative estimate of drug-likeness (QED) is 0.214. The summed E-state index contributed by atoms with van der Waals surface area (Å²) in [6.07, 6.45) is -4.00. The van der Waals surface area contributed by atoms with Crippen molar-refractivity contribution >= 4 is 18.3 Å². The second-order valence-electron chi connectivity index (χ2n) is 7.23. The van der Waals surface area contributed by atoms with Gasteiger partial charge in [-0.05, 0) is 22.3 Å². The first-order chi connectivity index (χ1) is 17.6. The molecule has 0 saturated heterocycles. The monoisotopic (exact) mass is 503 g/mol. The van der Waals surface area contributed by atoms with Crippen molar-refractivity contribution in [2.75, 3.05) is 0 Å². The van der Waals surface area contributed by atoms with Gasteiger partial charge < -0.3 is 32.5 Å². The molecule has 0 aliphatic carbocycles. The van der Waals surface area contributed by atoms with Crippen LogP contribution in [-0.2, 0) is 5.41 Å². The molecule has 37 heavy (non-hydrogen) atoms. The van der Waals surface area contributed by atoms with Crippen molar-refractivity contribution in [2.24, 2.45) is 17.2 Å². The van der Waals surface area contributed by atoms with E-state index in [-0.39, 0.29) is 5.41 Å². The predicted octanol–water partition coefficient (Wildman–Crippen LogP) is 4.94. The lowest BCUT2D eigenvalue weighted by atomic mass is 9.65. The molecule has 0 fully saturated rings. The average molecular weight is 504 g/mol. The number of nitrogens with two attached hydrogens (primary N) is 3. The van der Waals surface area contributed by atoms with E-state index in [2.05, 4.69) is 139 Å². The number of benzene rings is 4. The molecule has 4 rings (SSSR count). The lowest BCUT2D eigenvalue weighted by Crippen LogP contribution is -2.30. The van der Waals surface area contributed by atoms with Gasteiger partial charge in [0, 0.05) is 0 Å². The van der Waals surface area contributed by atoms with Crippen LogP contribution in [0.4, 0.5) is 14.4 Å². The van der Waals surface area contributed by atoms with Gasteiger partial charge in [0.15, 0.2) is 0 Å². The minimum absolute atomic E-state index is 0.328. The number of carboxylic acid groups (broad SMARTS) is 3. The van der Waals surface area contributed by atoms with Crippen molar-refractivity contribution < 1.29 is 29.7 Å². The number of hydrogen-bond donors (Lipinski definition) is 6. The third-order valence-corrected chi connectivity index (χ3v) is 4.83. The van der Waals surface area contributed by atoms with Gasteiger partial charge in [0.2, 0.25) is 0 Å². The van der Waals surface area contributed by atoms with Crippen LogP contribution in [0.25, 0.3) is 0 Å². The van der Waals surface area contributed by atoms with Crippen molar-refractivity contribution in [3.63, 3.8) is 0 Å². The van der Waals surface area contributed by atoms with Gasteiger partial charge in [0.1, 0.15) is 0 Å². The first-order valence-corrected chi connectivity index (χ1v) is 10.8. The molecule has 9 nitrogen and oxygen atoms in total. The molecular formula is C28H29N3O6. The Balaban J connectivity index is 0.000000482. The van der Waals surface area contributed by atoms with E-state index < -0.39 is 18.3 Å². The fraction of sp³-hybridized carbons (Fsp3) is 0.0357. The smallest absolute Gasteiger partial charge is 0.402 e. The highest BCUT2D eigenvalue weighted by Gasteiger charge is 2.37. The van der Waals surface area contributed by atoms with Gasteiger partial charge in [-0.1, -0.05) is 121 Å². The molecule has 0 aromatic heterocycles. The first kappa shape index (κ1) is 29.7. The summed E-state index contributed by atoms with van der Waals surface area (Å²) >= 11 is 0. The van der Waals surface area contributed by atoms with Gasteiger partial charge in [-0.3, -0.25) is 0 Å². The van der Waals surface area contributed by atoms with Crippen LogP contribution in [0.2, 0.25) is 0 Å². The van der Waals surface area contributed by atoms with Crippen molar-refractivity contribution in [1.82, 2.24) is 0 Å². The third-order valence-electron chi connectivity index (χ3n) is 4.83. The Labute approximate surface area is 214 Å². The average Bonchev–Trinajstić information content (AvgIpc) is 2.86. The molecule has 0 radical (unpaired) electrons. The molecule has 0 bridgehead atoms. The number of carbonyl (C=O) groups is 3. The van der Waals surface area contributed by atoms with E-state index >= 15 is 0 Å². The summed E-state index contributed by atoms with van der Waals surface area (Å²) in [5.41, 5.74) is 16.9. The highest BCUT2D eigenvalue weighted by molar-refractivity contribution is 5.62. The number of rotatable bonds is 4. The summed E-state index contributed by atoms with van der Waals surface area (Å²) in [6, 6.07) is 43.1. The predicted molar refractivity (Wildman–Crippen MR) is 141 cm³/mol. The van der Waals surface area contributed by atoms with Gasteiger partial charge >= 0.3 is 18.3 Å². The lowest BCUT2D eigenvalue weighted by molar-refractivity contribution is 0.204. The second-order valence-corrected chi connectivity index (χ2v) is 7.23. The summed E-state index contributed by atoms with van der Waals surface area (Å²) in [5.74, 6) is 0. The van der Waals surface area contributed by atoms with Crippen LogP contribution in [0.1, 0.15) is 22.3 Å². The molecule has 0 aliphatic rings. The summed E-state index contributed by atoms with van der Waals surface area (Å²) < 4.78 is 0. The highest BCUT2D eigenvalue weighted by Crippen LogP contribution is 2.44. The maximum absolute atomic E-state index is 8.78. The topological polar surface area (TPSA) is 190 Å². The number of amides is 3. The molecule has 0 unspecified atom stereocenters. The Morgan fingerprint density at radius 3 is 0.676 bits per heavy atom. The van der Waals surface area contributed by atoms with Crippen LogP contribution in [0, 0.1) is 0 Å². The zero-order chi connectivity index (χ0) is 27.7. The van der Waals surface area contributed by atoms with Gasteiger partial charge in [-0.15, -0.1) is 0 Å². The molecule has 0 saturated carbocycles. The Hall–Kier alpha value is -5.31. The minimum Gasteiger partial charge on any atom is -0.465 e. The molecule has 9 heteroatoms. The van der Waals surface area contributed by atoms with Crippen LogP contribution < -0.4 is 17.2 Å². The molecule has 192 valence electrons. The van der Waals surface area contributed by atoms with Crippen LogP contribution in [-0.4, -0.2) is 33.6 Å². The van der Waals surface area contributed by atoms with Crippen molar-refractivity contribution in [3.05, 3.63) is 144 Å². The van der Waals surface area contributed by atoms with E-state index in [1.165, 1.54) is 22.3 Å². The van der Waals surface area contributed by atoms with Crippen LogP contribution >= 0.6 is 0 Å². The normalized spacial score (nSPS) is 9.51.